The van der Waals surface area contributed by atoms with Crippen LogP contribution in [0.15, 0.2) is 41.5 Å². The lowest BCUT2D eigenvalue weighted by Gasteiger charge is -2.12. The number of nitrogens with zero attached hydrogens (tertiary/aromatic N) is 1. The molecule has 0 heterocycles. The third-order valence-corrected chi connectivity index (χ3v) is 4.06. The molecular weight excluding hydrogens is 368 g/mol. The predicted octanol–water partition coefficient (Wildman–Crippen LogP) is 3.46. The number of hydrogen-bond donors (Lipinski definition) is 3. The zero-order valence-electron chi connectivity index (χ0n) is 17.4. The van der Waals surface area contributed by atoms with Gasteiger partial charge in [-0.2, -0.15) is 5.10 Å². The number of amides is 1. The van der Waals surface area contributed by atoms with Crippen molar-refractivity contribution in [1.82, 2.24) is 5.43 Å². The molecule has 0 saturated heterocycles. The number of nitrogens with one attached hydrogen (secondary N) is 1. The number of nitrogen functional groups attached to an aromatic ring is 2. The Morgan fingerprint density at radius 2 is 1.52 bits per heavy atom. The molecule has 156 valence electrons. The van der Waals surface area contributed by atoms with Gasteiger partial charge in [-0.15, -0.1) is 0 Å². The van der Waals surface area contributed by atoms with Gasteiger partial charge >= 0.3 is 0 Å². The van der Waals surface area contributed by atoms with Gasteiger partial charge < -0.3 is 20.9 Å². The standard InChI is InChI=1S/C22H30N4O3/c1-14(2)28-12-17-9-19(23)6-5-16(17)11-25-26-22(27)21-8-7-20(24)10-18(21)13-29-15(3)4/h5-11,14-15H,12-13,23-24H2,1-4H3,(H,26,27)/b25-11+. The Hall–Kier alpha value is -2.90. The van der Waals surface area contributed by atoms with E-state index in [1.165, 1.54) is 0 Å². The van der Waals surface area contributed by atoms with Crippen molar-refractivity contribution in [3.63, 3.8) is 0 Å². The summed E-state index contributed by atoms with van der Waals surface area (Å²) in [6.07, 6.45) is 1.72. The van der Waals surface area contributed by atoms with Gasteiger partial charge in [-0.05, 0) is 69.2 Å². The number of hydrogen-bond acceptors (Lipinski definition) is 6. The Morgan fingerprint density at radius 3 is 2.14 bits per heavy atom. The van der Waals surface area contributed by atoms with Gasteiger partial charge in [0.15, 0.2) is 0 Å². The van der Waals surface area contributed by atoms with Gasteiger partial charge in [0.1, 0.15) is 0 Å². The second-order valence-electron chi connectivity index (χ2n) is 7.29. The average molecular weight is 399 g/mol. The number of benzene rings is 2. The van der Waals surface area contributed by atoms with Gasteiger partial charge in [-0.1, -0.05) is 6.07 Å². The number of nitrogens with two attached hydrogens (primary N) is 2. The normalized spacial score (nSPS) is 11.5. The van der Waals surface area contributed by atoms with Gasteiger partial charge in [0.25, 0.3) is 5.91 Å². The first-order valence-electron chi connectivity index (χ1n) is 9.59. The van der Waals surface area contributed by atoms with Gasteiger partial charge in [-0.3, -0.25) is 4.79 Å². The number of rotatable bonds is 9. The molecule has 29 heavy (non-hydrogen) atoms. The van der Waals surface area contributed by atoms with Gasteiger partial charge in [0, 0.05) is 22.5 Å². The summed E-state index contributed by atoms with van der Waals surface area (Å²) >= 11 is 0. The molecule has 0 aromatic heterocycles. The highest BCUT2D eigenvalue weighted by molar-refractivity contribution is 5.96. The minimum absolute atomic E-state index is 0.0439. The van der Waals surface area contributed by atoms with Gasteiger partial charge in [0.05, 0.1) is 31.6 Å². The quantitative estimate of drug-likeness (QED) is 0.340. The molecule has 7 heteroatoms. The van der Waals surface area contributed by atoms with E-state index >= 15 is 0 Å². The molecule has 2 aromatic rings. The van der Waals surface area contributed by atoms with Crippen molar-refractivity contribution in [3.8, 4) is 0 Å². The molecule has 7 nitrogen and oxygen atoms in total. The summed E-state index contributed by atoms with van der Waals surface area (Å²) in [7, 11) is 0. The van der Waals surface area contributed by atoms with E-state index in [1.807, 2.05) is 39.8 Å². The van der Waals surface area contributed by atoms with Crippen LogP contribution in [0.4, 0.5) is 11.4 Å². The van der Waals surface area contributed by atoms with Crippen molar-refractivity contribution >= 4 is 23.5 Å². The van der Waals surface area contributed by atoms with E-state index in [1.54, 1.807) is 30.5 Å². The van der Waals surface area contributed by atoms with Crippen LogP contribution in [-0.2, 0) is 22.7 Å². The van der Waals surface area contributed by atoms with E-state index in [4.69, 9.17) is 20.9 Å². The fourth-order valence-corrected chi connectivity index (χ4v) is 2.56. The number of anilines is 2. The molecule has 1 amide bonds. The third-order valence-electron chi connectivity index (χ3n) is 4.06. The average Bonchev–Trinajstić information content (AvgIpc) is 2.66. The highest BCUT2D eigenvalue weighted by atomic mass is 16.5. The Labute approximate surface area is 172 Å². The third kappa shape index (κ3) is 7.21. The van der Waals surface area contributed by atoms with Gasteiger partial charge in [0.2, 0.25) is 0 Å². The SMILES string of the molecule is CC(C)OCc1cc(N)ccc1/C=N/NC(=O)c1ccc(N)cc1COC(C)C. The van der Waals surface area contributed by atoms with E-state index in [0.29, 0.717) is 35.7 Å². The van der Waals surface area contributed by atoms with E-state index < -0.39 is 0 Å². The molecule has 0 aliphatic heterocycles. The molecule has 2 aromatic carbocycles. The van der Waals surface area contributed by atoms with Crippen LogP contribution in [0.3, 0.4) is 0 Å². The molecule has 0 aliphatic carbocycles. The molecule has 0 aliphatic rings. The fourth-order valence-electron chi connectivity index (χ4n) is 2.56. The maximum absolute atomic E-state index is 12.6. The molecule has 0 saturated carbocycles. The van der Waals surface area contributed by atoms with E-state index in [-0.39, 0.29) is 18.1 Å². The first kappa shape index (κ1) is 22.4. The number of ether oxygens (including phenoxy) is 2. The first-order valence-corrected chi connectivity index (χ1v) is 9.59. The lowest BCUT2D eigenvalue weighted by molar-refractivity contribution is 0.0646. The Bertz CT molecular complexity index is 863. The van der Waals surface area contributed by atoms with Crippen LogP contribution >= 0.6 is 0 Å². The van der Waals surface area contributed by atoms with Crippen LogP contribution < -0.4 is 16.9 Å². The van der Waals surface area contributed by atoms with Crippen LogP contribution in [0.25, 0.3) is 0 Å². The molecule has 5 N–H and O–H groups in total. The highest BCUT2D eigenvalue weighted by Gasteiger charge is 2.12. The minimum atomic E-state index is -0.334. The second-order valence-corrected chi connectivity index (χ2v) is 7.29. The van der Waals surface area contributed by atoms with Crippen molar-refractivity contribution in [2.75, 3.05) is 11.5 Å². The van der Waals surface area contributed by atoms with Crippen molar-refractivity contribution in [2.45, 2.75) is 53.1 Å². The summed E-state index contributed by atoms with van der Waals surface area (Å²) < 4.78 is 11.3. The molecule has 0 radical (unpaired) electrons. The molecule has 2 rings (SSSR count). The van der Waals surface area contributed by atoms with Crippen molar-refractivity contribution in [1.29, 1.82) is 0 Å². The summed E-state index contributed by atoms with van der Waals surface area (Å²) in [5.41, 5.74) is 18.4. The Kier molecular flexibility index (Phi) is 8.18. The van der Waals surface area contributed by atoms with E-state index in [9.17, 15) is 4.79 Å². The van der Waals surface area contributed by atoms with E-state index in [0.717, 1.165) is 11.1 Å². The second kappa shape index (κ2) is 10.6. The lowest BCUT2D eigenvalue weighted by atomic mass is 10.1. The molecule has 0 bridgehead atoms. The van der Waals surface area contributed by atoms with Crippen molar-refractivity contribution in [2.24, 2.45) is 5.10 Å². The van der Waals surface area contributed by atoms with Crippen molar-refractivity contribution < 1.29 is 14.3 Å². The van der Waals surface area contributed by atoms with Crippen LogP contribution in [0, 0.1) is 0 Å². The fraction of sp³-hybridized carbons (Fsp3) is 0.364. The number of carbonyl (C=O) groups is 1. The largest absolute Gasteiger partial charge is 0.399 e. The topological polar surface area (TPSA) is 112 Å². The first-order chi connectivity index (χ1) is 13.8. The number of carbonyl (C=O) groups excluding carboxylic acids is 1. The molecular formula is C22H30N4O3. The molecule has 0 spiro atoms. The zero-order chi connectivity index (χ0) is 21.4. The summed E-state index contributed by atoms with van der Waals surface area (Å²) in [5, 5.41) is 4.10. The summed E-state index contributed by atoms with van der Waals surface area (Å²) in [4.78, 5) is 12.6. The monoisotopic (exact) mass is 398 g/mol. The smallest absolute Gasteiger partial charge is 0.271 e. The maximum Gasteiger partial charge on any atom is 0.271 e. The number of hydrazone groups is 1. The summed E-state index contributed by atoms with van der Waals surface area (Å²) in [6.45, 7) is 8.50. The molecule has 0 atom stereocenters. The van der Waals surface area contributed by atoms with Crippen LogP contribution in [0.2, 0.25) is 0 Å². The minimum Gasteiger partial charge on any atom is -0.399 e. The predicted molar refractivity (Wildman–Crippen MR) is 117 cm³/mol. The lowest BCUT2D eigenvalue weighted by Crippen LogP contribution is -2.20. The zero-order valence-corrected chi connectivity index (χ0v) is 17.4. The van der Waals surface area contributed by atoms with Crippen molar-refractivity contribution in [3.05, 3.63) is 58.7 Å². The van der Waals surface area contributed by atoms with Crippen LogP contribution in [0.5, 0.6) is 0 Å². The molecule has 0 fully saturated rings. The summed E-state index contributed by atoms with van der Waals surface area (Å²) in [6, 6.07) is 10.6. The Morgan fingerprint density at radius 1 is 0.966 bits per heavy atom. The van der Waals surface area contributed by atoms with Crippen LogP contribution in [-0.4, -0.2) is 24.3 Å². The van der Waals surface area contributed by atoms with E-state index in [2.05, 4.69) is 10.5 Å². The van der Waals surface area contributed by atoms with Gasteiger partial charge in [-0.25, -0.2) is 5.43 Å². The summed E-state index contributed by atoms with van der Waals surface area (Å²) in [5.74, 6) is -0.334. The Balaban J connectivity index is 2.12. The molecule has 0 unspecified atom stereocenters. The maximum atomic E-state index is 12.6. The van der Waals surface area contributed by atoms with Crippen LogP contribution in [0.1, 0.15) is 54.7 Å². The highest BCUT2D eigenvalue weighted by Crippen LogP contribution is 2.16.